The molecule has 0 fully saturated rings. The van der Waals surface area contributed by atoms with Crippen molar-refractivity contribution < 1.29 is 4.79 Å². The van der Waals surface area contributed by atoms with Crippen molar-refractivity contribution in [3.05, 3.63) is 34.5 Å². The van der Waals surface area contributed by atoms with Crippen LogP contribution in [-0.4, -0.2) is 35.7 Å². The number of H-pyrrole nitrogens is 1. The van der Waals surface area contributed by atoms with Gasteiger partial charge in [-0.1, -0.05) is 0 Å². The van der Waals surface area contributed by atoms with Crippen LogP contribution in [0.2, 0.25) is 0 Å². The monoisotopic (exact) mass is 285 g/mol. The number of nitrogens with one attached hydrogen (secondary N) is 2. The summed E-state index contributed by atoms with van der Waals surface area (Å²) in [5, 5.41) is 13.7. The van der Waals surface area contributed by atoms with Crippen LogP contribution in [0.25, 0.3) is 5.78 Å². The minimum Gasteiger partial charge on any atom is -0.302 e. The average Bonchev–Trinajstić information content (AvgIpc) is 2.97. The van der Waals surface area contributed by atoms with Crippen molar-refractivity contribution in [3.63, 3.8) is 0 Å². The van der Waals surface area contributed by atoms with E-state index in [-0.39, 0.29) is 5.82 Å². The summed E-state index contributed by atoms with van der Waals surface area (Å²) in [6.45, 7) is 7.52. The number of carbonyl (C=O) groups excluding carboxylic acids is 1. The molecule has 0 aliphatic carbocycles. The maximum absolute atomic E-state index is 12.2. The fraction of sp³-hybridized carbons (Fsp3) is 0.308. The van der Waals surface area contributed by atoms with Crippen molar-refractivity contribution in [2.75, 3.05) is 5.32 Å². The highest BCUT2D eigenvalue weighted by molar-refractivity contribution is 6.01. The summed E-state index contributed by atoms with van der Waals surface area (Å²) >= 11 is 0. The van der Waals surface area contributed by atoms with E-state index in [1.54, 1.807) is 4.52 Å². The molecule has 8 nitrogen and oxygen atoms in total. The van der Waals surface area contributed by atoms with Crippen LogP contribution in [0.1, 0.15) is 33.3 Å². The summed E-state index contributed by atoms with van der Waals surface area (Å²) in [5.74, 6) is 0.549. The first-order chi connectivity index (χ1) is 9.95. The lowest BCUT2D eigenvalue weighted by molar-refractivity contribution is 0.101. The van der Waals surface area contributed by atoms with Gasteiger partial charge in [0.25, 0.3) is 11.7 Å². The Bertz CT molecular complexity index is 846. The number of aromatic nitrogens is 6. The van der Waals surface area contributed by atoms with Gasteiger partial charge in [-0.05, 0) is 33.8 Å². The Labute approximate surface area is 120 Å². The zero-order valence-corrected chi connectivity index (χ0v) is 12.2. The Morgan fingerprint density at radius 3 is 2.67 bits per heavy atom. The Morgan fingerprint density at radius 2 is 2.00 bits per heavy atom. The van der Waals surface area contributed by atoms with Crippen LogP contribution in [0.3, 0.4) is 0 Å². The summed E-state index contributed by atoms with van der Waals surface area (Å²) in [7, 11) is 0. The molecule has 0 spiro atoms. The third kappa shape index (κ3) is 2.24. The number of hydrogen-bond donors (Lipinski definition) is 2. The Hall–Kier alpha value is -2.77. The highest BCUT2D eigenvalue weighted by atomic mass is 16.2. The first-order valence-corrected chi connectivity index (χ1v) is 6.49. The normalized spacial score (nSPS) is 11.0. The lowest BCUT2D eigenvalue weighted by Gasteiger charge is -1.99. The highest BCUT2D eigenvalue weighted by Gasteiger charge is 2.17. The second-order valence-electron chi connectivity index (χ2n) is 4.96. The molecule has 3 rings (SSSR count). The minimum atomic E-state index is -0.410. The standard InChI is InChI=1S/C13H15N7O/c1-6-5-7(2)20-13(14-6)16-11(19-20)12(21)15-10-8(3)9(4)17-18-10/h5H,1-4H3,(H2,15,17,18,21). The first kappa shape index (κ1) is 13.2. The largest absolute Gasteiger partial charge is 0.302 e. The fourth-order valence-corrected chi connectivity index (χ4v) is 2.03. The molecule has 0 aliphatic rings. The van der Waals surface area contributed by atoms with Crippen molar-refractivity contribution in [1.29, 1.82) is 0 Å². The van der Waals surface area contributed by atoms with Crippen LogP contribution in [0.4, 0.5) is 5.82 Å². The van der Waals surface area contributed by atoms with Crippen LogP contribution >= 0.6 is 0 Å². The van der Waals surface area contributed by atoms with Gasteiger partial charge in [-0.2, -0.15) is 10.1 Å². The Balaban J connectivity index is 1.95. The first-order valence-electron chi connectivity index (χ1n) is 6.49. The lowest BCUT2D eigenvalue weighted by atomic mass is 10.3. The van der Waals surface area contributed by atoms with Gasteiger partial charge in [0.1, 0.15) is 0 Å². The molecule has 0 saturated heterocycles. The van der Waals surface area contributed by atoms with Crippen molar-refractivity contribution in [2.45, 2.75) is 27.7 Å². The predicted octanol–water partition coefficient (Wildman–Crippen LogP) is 1.33. The zero-order chi connectivity index (χ0) is 15.1. The SMILES string of the molecule is Cc1cc(C)n2nc(C(=O)Nc3n[nH]c(C)c3C)nc2n1. The van der Waals surface area contributed by atoms with Crippen molar-refractivity contribution >= 4 is 17.5 Å². The number of rotatable bonds is 2. The van der Waals surface area contributed by atoms with Gasteiger partial charge in [-0.15, -0.1) is 5.10 Å². The van der Waals surface area contributed by atoms with Crippen LogP contribution in [0.5, 0.6) is 0 Å². The summed E-state index contributed by atoms with van der Waals surface area (Å²) in [4.78, 5) is 20.6. The predicted molar refractivity (Wildman–Crippen MR) is 76.3 cm³/mol. The van der Waals surface area contributed by atoms with E-state index in [1.165, 1.54) is 0 Å². The van der Waals surface area contributed by atoms with E-state index in [0.29, 0.717) is 11.6 Å². The molecule has 0 radical (unpaired) electrons. The van der Waals surface area contributed by atoms with Gasteiger partial charge in [0, 0.05) is 22.6 Å². The molecule has 0 saturated carbocycles. The van der Waals surface area contributed by atoms with Gasteiger partial charge in [-0.3, -0.25) is 9.89 Å². The molecular weight excluding hydrogens is 270 g/mol. The molecule has 21 heavy (non-hydrogen) atoms. The number of fused-ring (bicyclic) bond motifs is 1. The zero-order valence-electron chi connectivity index (χ0n) is 12.2. The van der Waals surface area contributed by atoms with Crippen LogP contribution in [-0.2, 0) is 0 Å². The van der Waals surface area contributed by atoms with Crippen LogP contribution in [0.15, 0.2) is 6.07 Å². The minimum absolute atomic E-state index is 0.0660. The van der Waals surface area contributed by atoms with Gasteiger partial charge < -0.3 is 5.32 Å². The quantitative estimate of drug-likeness (QED) is 0.739. The van der Waals surface area contributed by atoms with E-state index in [9.17, 15) is 4.79 Å². The van der Waals surface area contributed by atoms with E-state index in [0.717, 1.165) is 22.6 Å². The number of amides is 1. The molecule has 8 heteroatoms. The molecule has 0 bridgehead atoms. The number of anilines is 1. The molecule has 3 aromatic rings. The van der Waals surface area contributed by atoms with E-state index in [4.69, 9.17) is 0 Å². The maximum atomic E-state index is 12.2. The summed E-state index contributed by atoms with van der Waals surface area (Å²) in [5.41, 5.74) is 3.49. The molecule has 0 aromatic carbocycles. The van der Waals surface area contributed by atoms with Crippen molar-refractivity contribution in [2.24, 2.45) is 0 Å². The number of carbonyl (C=O) groups is 1. The van der Waals surface area contributed by atoms with Crippen LogP contribution in [0, 0.1) is 27.7 Å². The van der Waals surface area contributed by atoms with Gasteiger partial charge >= 0.3 is 0 Å². The smallest absolute Gasteiger partial charge is 0.296 e. The molecule has 0 aliphatic heterocycles. The third-order valence-corrected chi connectivity index (χ3v) is 3.31. The number of aromatic amines is 1. The van der Waals surface area contributed by atoms with E-state index in [1.807, 2.05) is 33.8 Å². The van der Waals surface area contributed by atoms with Crippen molar-refractivity contribution in [1.82, 2.24) is 29.8 Å². The third-order valence-electron chi connectivity index (χ3n) is 3.31. The van der Waals surface area contributed by atoms with Gasteiger partial charge in [-0.25, -0.2) is 9.50 Å². The average molecular weight is 285 g/mol. The van der Waals surface area contributed by atoms with Gasteiger partial charge in [0.05, 0.1) is 0 Å². The molecular formula is C13H15N7O. The lowest BCUT2D eigenvalue weighted by Crippen LogP contribution is -2.15. The van der Waals surface area contributed by atoms with E-state index in [2.05, 4.69) is 30.6 Å². The summed E-state index contributed by atoms with van der Waals surface area (Å²) < 4.78 is 1.55. The summed E-state index contributed by atoms with van der Waals surface area (Å²) in [6, 6.07) is 1.88. The number of hydrogen-bond acceptors (Lipinski definition) is 5. The van der Waals surface area contributed by atoms with Crippen LogP contribution < -0.4 is 5.32 Å². The maximum Gasteiger partial charge on any atom is 0.296 e. The second-order valence-corrected chi connectivity index (χ2v) is 4.96. The molecule has 0 atom stereocenters. The molecule has 2 N–H and O–H groups in total. The highest BCUT2D eigenvalue weighted by Crippen LogP contribution is 2.14. The van der Waals surface area contributed by atoms with Gasteiger partial charge in [0.15, 0.2) is 5.82 Å². The van der Waals surface area contributed by atoms with Crippen molar-refractivity contribution in [3.8, 4) is 0 Å². The number of nitrogens with zero attached hydrogens (tertiary/aromatic N) is 5. The Kier molecular flexibility index (Phi) is 2.93. The fourth-order valence-electron chi connectivity index (χ4n) is 2.03. The molecule has 108 valence electrons. The van der Waals surface area contributed by atoms with E-state index >= 15 is 0 Å². The summed E-state index contributed by atoms with van der Waals surface area (Å²) in [6.07, 6.45) is 0. The Morgan fingerprint density at radius 1 is 1.24 bits per heavy atom. The molecule has 1 amide bonds. The molecule has 3 heterocycles. The number of aryl methyl sites for hydroxylation is 3. The van der Waals surface area contributed by atoms with Gasteiger partial charge in [0.2, 0.25) is 5.82 Å². The second kappa shape index (κ2) is 4.65. The van der Waals surface area contributed by atoms with E-state index < -0.39 is 5.91 Å². The molecule has 3 aromatic heterocycles. The topological polar surface area (TPSA) is 101 Å². The molecule has 0 unspecified atom stereocenters.